The minimum Gasteiger partial charge on any atom is -0.481 e. The second-order valence-electron chi connectivity index (χ2n) is 4.85. The highest BCUT2D eigenvalue weighted by Gasteiger charge is 2.12. The average Bonchev–Trinajstić information content (AvgIpc) is 2.39. The number of carbonyl (C=O) groups is 2. The third-order valence-corrected chi connectivity index (χ3v) is 2.89. The Bertz CT molecular complexity index is 437. The summed E-state index contributed by atoms with van der Waals surface area (Å²) < 4.78 is 0. The predicted molar refractivity (Wildman–Crippen MR) is 75.2 cm³/mol. The molecule has 0 spiro atoms. The molecule has 2 amide bonds. The first-order valence-electron chi connectivity index (χ1n) is 6.61. The molecule has 0 fully saturated rings. The molecule has 1 unspecified atom stereocenters. The van der Waals surface area contributed by atoms with E-state index < -0.39 is 5.97 Å². The third kappa shape index (κ3) is 6.17. The number of hydrogen-bond donors (Lipinski definition) is 2. The number of aliphatic carboxylic acids is 1. The molecular formula is C14H21N3O3. The van der Waals surface area contributed by atoms with Crippen molar-refractivity contribution in [2.24, 2.45) is 0 Å². The fourth-order valence-corrected chi connectivity index (χ4v) is 1.79. The normalized spacial score (nSPS) is 11.7. The molecule has 2 N–H and O–H groups in total. The number of carbonyl (C=O) groups excluding carboxylic acids is 1. The van der Waals surface area contributed by atoms with Gasteiger partial charge in [0.05, 0.1) is 0 Å². The van der Waals surface area contributed by atoms with Crippen LogP contribution in [0, 0.1) is 0 Å². The summed E-state index contributed by atoms with van der Waals surface area (Å²) in [7, 11) is 1.71. The standard InChI is InChI=1S/C14H21N3O3/c1-11(5-3-7-13(18)19)16-14(20)17(2)10-12-6-4-8-15-9-12/h4,6,8-9,11H,3,5,7,10H2,1-2H3,(H,16,20)(H,18,19). The first-order chi connectivity index (χ1) is 9.49. The first kappa shape index (κ1) is 15.9. The van der Waals surface area contributed by atoms with Gasteiger partial charge in [0, 0.05) is 38.4 Å². The van der Waals surface area contributed by atoms with Gasteiger partial charge >= 0.3 is 12.0 Å². The number of carboxylic acid groups (broad SMARTS) is 1. The zero-order chi connectivity index (χ0) is 15.0. The molecule has 0 saturated heterocycles. The summed E-state index contributed by atoms with van der Waals surface area (Å²) >= 11 is 0. The van der Waals surface area contributed by atoms with Crippen molar-refractivity contribution in [2.75, 3.05) is 7.05 Å². The Hall–Kier alpha value is -2.11. The van der Waals surface area contributed by atoms with E-state index in [9.17, 15) is 9.59 Å². The van der Waals surface area contributed by atoms with Gasteiger partial charge in [0.25, 0.3) is 0 Å². The molecule has 1 aromatic rings. The van der Waals surface area contributed by atoms with Crippen LogP contribution in [0.4, 0.5) is 4.79 Å². The van der Waals surface area contributed by atoms with Gasteiger partial charge in [-0.2, -0.15) is 0 Å². The number of carboxylic acids is 1. The maximum atomic E-state index is 11.9. The highest BCUT2D eigenvalue weighted by Crippen LogP contribution is 2.04. The minimum atomic E-state index is -0.808. The van der Waals surface area contributed by atoms with Crippen molar-refractivity contribution in [3.63, 3.8) is 0 Å². The van der Waals surface area contributed by atoms with Gasteiger partial charge < -0.3 is 15.3 Å². The lowest BCUT2D eigenvalue weighted by atomic mass is 10.1. The topological polar surface area (TPSA) is 82.5 Å². The van der Waals surface area contributed by atoms with Gasteiger partial charge in [-0.1, -0.05) is 6.07 Å². The molecule has 0 bridgehead atoms. The smallest absolute Gasteiger partial charge is 0.317 e. The molecule has 6 nitrogen and oxygen atoms in total. The molecule has 0 aliphatic rings. The van der Waals surface area contributed by atoms with Crippen molar-refractivity contribution < 1.29 is 14.7 Å². The van der Waals surface area contributed by atoms with Crippen LogP contribution in [0.1, 0.15) is 31.7 Å². The molecule has 1 rings (SSSR count). The highest BCUT2D eigenvalue weighted by atomic mass is 16.4. The van der Waals surface area contributed by atoms with Crippen LogP contribution in [0.5, 0.6) is 0 Å². The van der Waals surface area contributed by atoms with E-state index in [-0.39, 0.29) is 18.5 Å². The zero-order valence-corrected chi connectivity index (χ0v) is 11.9. The van der Waals surface area contributed by atoms with Crippen molar-refractivity contribution in [1.82, 2.24) is 15.2 Å². The number of aromatic nitrogens is 1. The quantitative estimate of drug-likeness (QED) is 0.798. The molecule has 0 aromatic carbocycles. The van der Waals surface area contributed by atoms with E-state index in [2.05, 4.69) is 10.3 Å². The van der Waals surface area contributed by atoms with Crippen LogP contribution < -0.4 is 5.32 Å². The maximum absolute atomic E-state index is 11.9. The Labute approximate surface area is 118 Å². The largest absolute Gasteiger partial charge is 0.481 e. The second-order valence-corrected chi connectivity index (χ2v) is 4.85. The van der Waals surface area contributed by atoms with Gasteiger partial charge in [-0.25, -0.2) is 4.79 Å². The second kappa shape index (κ2) is 8.14. The van der Waals surface area contributed by atoms with Gasteiger partial charge in [0.1, 0.15) is 0 Å². The molecule has 0 radical (unpaired) electrons. The number of rotatable bonds is 7. The molecule has 110 valence electrons. The molecule has 0 aliphatic heterocycles. The lowest BCUT2D eigenvalue weighted by Crippen LogP contribution is -2.41. The SMILES string of the molecule is CC(CCCC(=O)O)NC(=O)N(C)Cc1cccnc1. The Morgan fingerprint density at radius 1 is 1.50 bits per heavy atom. The molecule has 0 aliphatic carbocycles. The Balaban J connectivity index is 2.32. The van der Waals surface area contributed by atoms with Crippen LogP contribution >= 0.6 is 0 Å². The Kier molecular flexibility index (Phi) is 6.49. The van der Waals surface area contributed by atoms with Crippen molar-refractivity contribution >= 4 is 12.0 Å². The summed E-state index contributed by atoms with van der Waals surface area (Å²) in [5.41, 5.74) is 0.962. The van der Waals surface area contributed by atoms with Crippen molar-refractivity contribution in [1.29, 1.82) is 0 Å². The monoisotopic (exact) mass is 279 g/mol. The van der Waals surface area contributed by atoms with E-state index in [4.69, 9.17) is 5.11 Å². The van der Waals surface area contributed by atoms with E-state index in [1.165, 1.54) is 0 Å². The summed E-state index contributed by atoms with van der Waals surface area (Å²) in [5.74, 6) is -0.808. The Morgan fingerprint density at radius 2 is 2.25 bits per heavy atom. The van der Waals surface area contributed by atoms with Gasteiger partial charge in [-0.05, 0) is 31.4 Å². The fraction of sp³-hybridized carbons (Fsp3) is 0.500. The van der Waals surface area contributed by atoms with E-state index in [0.717, 1.165) is 5.56 Å². The van der Waals surface area contributed by atoms with Crippen LogP contribution in [0.25, 0.3) is 0 Å². The number of nitrogens with one attached hydrogen (secondary N) is 1. The van der Waals surface area contributed by atoms with Gasteiger partial charge in [-0.15, -0.1) is 0 Å². The molecule has 1 atom stereocenters. The first-order valence-corrected chi connectivity index (χ1v) is 6.61. The fourth-order valence-electron chi connectivity index (χ4n) is 1.79. The van der Waals surface area contributed by atoms with Gasteiger partial charge in [-0.3, -0.25) is 9.78 Å². The van der Waals surface area contributed by atoms with E-state index >= 15 is 0 Å². The van der Waals surface area contributed by atoms with Crippen LogP contribution in [0.2, 0.25) is 0 Å². The Morgan fingerprint density at radius 3 is 2.85 bits per heavy atom. The lowest BCUT2D eigenvalue weighted by Gasteiger charge is -2.21. The van der Waals surface area contributed by atoms with Crippen LogP contribution in [0.3, 0.4) is 0 Å². The summed E-state index contributed by atoms with van der Waals surface area (Å²) in [6.07, 6.45) is 4.75. The molecule has 0 saturated carbocycles. The van der Waals surface area contributed by atoms with Crippen molar-refractivity contribution in [3.05, 3.63) is 30.1 Å². The number of urea groups is 1. The average molecular weight is 279 g/mol. The predicted octanol–water partition coefficient (Wildman–Crippen LogP) is 1.87. The minimum absolute atomic E-state index is 0.0433. The van der Waals surface area contributed by atoms with Crippen molar-refractivity contribution in [2.45, 2.75) is 38.8 Å². The van der Waals surface area contributed by atoms with Crippen LogP contribution in [-0.2, 0) is 11.3 Å². The number of nitrogens with zero attached hydrogens (tertiary/aromatic N) is 2. The number of pyridine rings is 1. The van der Waals surface area contributed by atoms with E-state index in [1.54, 1.807) is 24.3 Å². The summed E-state index contributed by atoms with van der Waals surface area (Å²) in [6, 6.07) is 3.53. The van der Waals surface area contributed by atoms with E-state index in [0.29, 0.717) is 19.4 Å². The van der Waals surface area contributed by atoms with Crippen LogP contribution in [0.15, 0.2) is 24.5 Å². The summed E-state index contributed by atoms with van der Waals surface area (Å²) in [4.78, 5) is 27.9. The number of amides is 2. The van der Waals surface area contributed by atoms with Gasteiger partial charge in [0.2, 0.25) is 0 Å². The van der Waals surface area contributed by atoms with Crippen LogP contribution in [-0.4, -0.2) is 40.1 Å². The summed E-state index contributed by atoms with van der Waals surface area (Å²) in [5, 5.41) is 11.4. The highest BCUT2D eigenvalue weighted by molar-refractivity contribution is 5.74. The van der Waals surface area contributed by atoms with E-state index in [1.807, 2.05) is 19.1 Å². The van der Waals surface area contributed by atoms with Gasteiger partial charge in [0.15, 0.2) is 0 Å². The molecular weight excluding hydrogens is 258 g/mol. The summed E-state index contributed by atoms with van der Waals surface area (Å²) in [6.45, 7) is 2.36. The third-order valence-electron chi connectivity index (χ3n) is 2.89. The maximum Gasteiger partial charge on any atom is 0.317 e. The van der Waals surface area contributed by atoms with Crippen molar-refractivity contribution in [3.8, 4) is 0 Å². The molecule has 1 aromatic heterocycles. The lowest BCUT2D eigenvalue weighted by molar-refractivity contribution is -0.137. The molecule has 6 heteroatoms. The molecule has 20 heavy (non-hydrogen) atoms. The molecule has 1 heterocycles. The zero-order valence-electron chi connectivity index (χ0n) is 11.9. The number of hydrogen-bond acceptors (Lipinski definition) is 3.